The summed E-state index contributed by atoms with van der Waals surface area (Å²) in [5.74, 6) is 0. The molecule has 0 bridgehead atoms. The number of hydrogen-bond donors (Lipinski definition) is 0. The van der Waals surface area contributed by atoms with E-state index in [1.807, 2.05) is 41.1 Å². The topological polar surface area (TPSA) is 41.5 Å². The van der Waals surface area contributed by atoms with Crippen molar-refractivity contribution in [2.24, 2.45) is 0 Å². The van der Waals surface area contributed by atoms with Crippen LogP contribution in [0.4, 0.5) is 11.4 Å². The van der Waals surface area contributed by atoms with E-state index in [0.29, 0.717) is 0 Å². The lowest BCUT2D eigenvalue weighted by atomic mass is 10.2. The Morgan fingerprint density at radius 2 is 1.74 bits per heavy atom. The van der Waals surface area contributed by atoms with Crippen LogP contribution in [0.15, 0.2) is 48.5 Å². The first-order valence-electron chi connectivity index (χ1n) is 9.56. The fourth-order valence-corrected chi connectivity index (χ4v) is 3.67. The summed E-state index contributed by atoms with van der Waals surface area (Å²) in [5, 5.41) is 8.48. The van der Waals surface area contributed by atoms with Crippen LogP contribution in [0.5, 0.6) is 0 Å². The predicted molar refractivity (Wildman–Crippen MR) is 108 cm³/mol. The molecule has 4 rings (SSSR count). The summed E-state index contributed by atoms with van der Waals surface area (Å²) in [5.41, 5.74) is 3.97. The molecule has 6 heteroatoms. The molecular weight excluding hydrogens is 336 g/mol. The molecule has 1 aliphatic rings. The molecule has 138 valence electrons. The maximum atomic E-state index is 7.17. The number of aryl methyl sites for hydroxylation is 1. The van der Waals surface area contributed by atoms with Crippen molar-refractivity contribution in [2.45, 2.75) is 19.4 Å². The molecule has 3 aromatic rings. The first-order chi connectivity index (χ1) is 13.3. The quantitative estimate of drug-likeness (QED) is 0.498. The van der Waals surface area contributed by atoms with Gasteiger partial charge in [-0.15, -0.1) is 5.10 Å². The third-order valence-corrected chi connectivity index (χ3v) is 5.21. The Morgan fingerprint density at radius 1 is 0.926 bits per heavy atom. The van der Waals surface area contributed by atoms with Gasteiger partial charge in [-0.25, -0.2) is 9.53 Å². The minimum Gasteiger partial charge on any atom is -0.370 e. The maximum Gasteiger partial charge on any atom is 0.189 e. The number of piperazine rings is 1. The lowest BCUT2D eigenvalue weighted by Crippen LogP contribution is -2.46. The zero-order chi connectivity index (χ0) is 18.5. The van der Waals surface area contributed by atoms with E-state index in [1.54, 1.807) is 0 Å². The van der Waals surface area contributed by atoms with Crippen molar-refractivity contribution in [1.29, 1.82) is 0 Å². The summed E-state index contributed by atoms with van der Waals surface area (Å²) in [4.78, 5) is 8.45. The van der Waals surface area contributed by atoms with E-state index in [9.17, 15) is 0 Å². The predicted octanol–water partition coefficient (Wildman–Crippen LogP) is 3.58. The van der Waals surface area contributed by atoms with Crippen LogP contribution in [0.2, 0.25) is 0 Å². The first kappa shape index (κ1) is 17.5. The van der Waals surface area contributed by atoms with Crippen molar-refractivity contribution >= 4 is 22.4 Å². The Morgan fingerprint density at radius 3 is 2.59 bits per heavy atom. The van der Waals surface area contributed by atoms with Gasteiger partial charge in [-0.05, 0) is 43.7 Å². The smallest absolute Gasteiger partial charge is 0.189 e. The van der Waals surface area contributed by atoms with E-state index in [-0.39, 0.29) is 0 Å². The third kappa shape index (κ3) is 4.09. The van der Waals surface area contributed by atoms with Crippen LogP contribution in [0.25, 0.3) is 15.9 Å². The maximum absolute atomic E-state index is 7.17. The minimum absolute atomic E-state index is 0.718. The van der Waals surface area contributed by atoms with Gasteiger partial charge in [-0.2, -0.15) is 0 Å². The van der Waals surface area contributed by atoms with Gasteiger partial charge in [-0.3, -0.25) is 4.90 Å². The van der Waals surface area contributed by atoms with Gasteiger partial charge in [0.1, 0.15) is 5.52 Å². The summed E-state index contributed by atoms with van der Waals surface area (Å²) in [6.07, 6.45) is 2.28. The van der Waals surface area contributed by atoms with Gasteiger partial charge >= 0.3 is 0 Å². The highest BCUT2D eigenvalue weighted by Crippen LogP contribution is 2.22. The van der Waals surface area contributed by atoms with Crippen LogP contribution in [0.1, 0.15) is 12.8 Å². The molecule has 0 spiro atoms. The number of hydrogen-bond acceptors (Lipinski definition) is 4. The van der Waals surface area contributed by atoms with Gasteiger partial charge < -0.3 is 4.90 Å². The molecule has 0 radical (unpaired) electrons. The average Bonchev–Trinajstić information content (AvgIpc) is 3.15. The minimum atomic E-state index is 0.718. The van der Waals surface area contributed by atoms with Crippen LogP contribution < -0.4 is 4.90 Å². The van der Waals surface area contributed by atoms with Crippen molar-refractivity contribution in [3.63, 3.8) is 0 Å². The molecule has 1 aliphatic heterocycles. The third-order valence-electron chi connectivity index (χ3n) is 5.21. The molecule has 1 aromatic heterocycles. The van der Waals surface area contributed by atoms with Gasteiger partial charge in [0.05, 0.1) is 12.1 Å². The molecule has 0 unspecified atom stereocenters. The van der Waals surface area contributed by atoms with Crippen molar-refractivity contribution < 1.29 is 0 Å². The van der Waals surface area contributed by atoms with E-state index in [4.69, 9.17) is 6.57 Å². The van der Waals surface area contributed by atoms with Crippen LogP contribution in [-0.2, 0) is 6.54 Å². The molecule has 0 saturated carbocycles. The van der Waals surface area contributed by atoms with Crippen LogP contribution in [0.3, 0.4) is 0 Å². The van der Waals surface area contributed by atoms with Gasteiger partial charge in [-0.1, -0.05) is 29.5 Å². The van der Waals surface area contributed by atoms with Gasteiger partial charge in [0.2, 0.25) is 0 Å². The van der Waals surface area contributed by atoms with Gasteiger partial charge in [0.15, 0.2) is 5.69 Å². The van der Waals surface area contributed by atoms with E-state index >= 15 is 0 Å². The second-order valence-corrected chi connectivity index (χ2v) is 6.97. The largest absolute Gasteiger partial charge is 0.370 e. The molecule has 0 N–H and O–H groups in total. The van der Waals surface area contributed by atoms with E-state index < -0.39 is 0 Å². The summed E-state index contributed by atoms with van der Waals surface area (Å²) in [7, 11) is 0. The second-order valence-electron chi connectivity index (χ2n) is 6.97. The monoisotopic (exact) mass is 360 g/mol. The van der Waals surface area contributed by atoms with Crippen LogP contribution >= 0.6 is 0 Å². The van der Waals surface area contributed by atoms with Crippen LogP contribution in [-0.4, -0.2) is 52.6 Å². The second kappa shape index (κ2) is 8.19. The number of anilines is 1. The zero-order valence-corrected chi connectivity index (χ0v) is 15.5. The SMILES string of the molecule is [C-]#[N+]c1cccc(N2CCN(CCCCn3nnc4ccccc43)CC2)c1. The summed E-state index contributed by atoms with van der Waals surface area (Å²) in [6, 6.07) is 16.1. The number of benzene rings is 2. The Labute approximate surface area is 159 Å². The number of rotatable bonds is 6. The van der Waals surface area contributed by atoms with Crippen molar-refractivity contribution in [2.75, 3.05) is 37.6 Å². The summed E-state index contributed by atoms with van der Waals surface area (Å²) >= 11 is 0. The molecule has 1 saturated heterocycles. The zero-order valence-electron chi connectivity index (χ0n) is 15.5. The highest BCUT2D eigenvalue weighted by atomic mass is 15.4. The molecule has 6 nitrogen and oxygen atoms in total. The molecule has 0 aliphatic carbocycles. The number of nitrogens with zero attached hydrogens (tertiary/aromatic N) is 6. The Bertz CT molecular complexity index is 933. The van der Waals surface area contributed by atoms with Gasteiger partial charge in [0.25, 0.3) is 0 Å². The Kier molecular flexibility index (Phi) is 5.31. The molecule has 0 atom stereocenters. The Balaban J connectivity index is 1.21. The number of aromatic nitrogens is 3. The molecule has 1 fully saturated rings. The van der Waals surface area contributed by atoms with Crippen molar-refractivity contribution in [1.82, 2.24) is 19.9 Å². The molecule has 2 aromatic carbocycles. The molecule has 0 amide bonds. The van der Waals surface area contributed by atoms with Crippen molar-refractivity contribution in [3.8, 4) is 0 Å². The lowest BCUT2D eigenvalue weighted by molar-refractivity contribution is 0.251. The van der Waals surface area contributed by atoms with E-state index in [2.05, 4.69) is 37.1 Å². The Hall–Kier alpha value is -2.91. The lowest BCUT2D eigenvalue weighted by Gasteiger charge is -2.36. The fraction of sp³-hybridized carbons (Fsp3) is 0.381. The normalized spacial score (nSPS) is 15.1. The highest BCUT2D eigenvalue weighted by Gasteiger charge is 2.17. The first-order valence-corrected chi connectivity index (χ1v) is 9.56. The number of unbranched alkanes of at least 4 members (excludes halogenated alkanes) is 1. The standard InChI is InChI=1S/C21H24N6/c1-22-18-7-6-8-19(17-18)26-15-13-25(14-16-26)11-4-5-12-27-21-10-3-2-9-20(21)23-24-27/h2-3,6-10,17H,4-5,11-16H2. The number of fused-ring (bicyclic) bond motifs is 1. The summed E-state index contributed by atoms with van der Waals surface area (Å²) < 4.78 is 2.01. The number of para-hydroxylation sites is 1. The molecular formula is C21H24N6. The summed E-state index contributed by atoms with van der Waals surface area (Å²) in [6.45, 7) is 13.4. The average molecular weight is 360 g/mol. The molecule has 2 heterocycles. The molecule has 27 heavy (non-hydrogen) atoms. The van der Waals surface area contributed by atoms with Gasteiger partial charge in [0, 0.05) is 38.4 Å². The van der Waals surface area contributed by atoms with E-state index in [0.717, 1.165) is 62.4 Å². The fourth-order valence-electron chi connectivity index (χ4n) is 3.67. The van der Waals surface area contributed by atoms with Crippen molar-refractivity contribution in [3.05, 3.63) is 59.9 Å². The van der Waals surface area contributed by atoms with E-state index in [1.165, 1.54) is 12.1 Å². The highest BCUT2D eigenvalue weighted by molar-refractivity contribution is 5.73. The van der Waals surface area contributed by atoms with Crippen LogP contribution in [0, 0.1) is 6.57 Å².